The van der Waals surface area contributed by atoms with Crippen LogP contribution in [0.1, 0.15) is 24.0 Å². The number of carboxylic acids is 1. The number of amides is 2. The second-order valence-corrected chi connectivity index (χ2v) is 7.16. The molecule has 0 spiro atoms. The highest BCUT2D eigenvalue weighted by Gasteiger charge is 2.26. The molecule has 7 heteroatoms. The maximum atomic E-state index is 12.9. The van der Waals surface area contributed by atoms with E-state index >= 15 is 0 Å². The number of aliphatic carboxylic acids is 1. The van der Waals surface area contributed by atoms with Gasteiger partial charge in [-0.05, 0) is 36.6 Å². The van der Waals surface area contributed by atoms with E-state index in [1.807, 2.05) is 36.4 Å². The summed E-state index contributed by atoms with van der Waals surface area (Å²) in [7, 11) is 0. The van der Waals surface area contributed by atoms with E-state index in [2.05, 4.69) is 16.0 Å². The van der Waals surface area contributed by atoms with Gasteiger partial charge in [-0.25, -0.2) is 4.79 Å². The van der Waals surface area contributed by atoms with E-state index in [-0.39, 0.29) is 24.1 Å². The van der Waals surface area contributed by atoms with Crippen LogP contribution in [0, 0.1) is 0 Å². The quantitative estimate of drug-likeness (QED) is 0.499. The van der Waals surface area contributed by atoms with Crippen LogP contribution in [0.3, 0.4) is 0 Å². The van der Waals surface area contributed by atoms with Crippen molar-refractivity contribution in [1.29, 1.82) is 0 Å². The number of rotatable bonds is 8. The van der Waals surface area contributed by atoms with Crippen molar-refractivity contribution in [2.24, 2.45) is 0 Å². The molecule has 1 heterocycles. The Balaban J connectivity index is 1.78. The minimum atomic E-state index is -1.14. The van der Waals surface area contributed by atoms with Crippen molar-refractivity contribution in [3.63, 3.8) is 0 Å². The van der Waals surface area contributed by atoms with E-state index in [1.54, 1.807) is 30.3 Å². The van der Waals surface area contributed by atoms with Crippen molar-refractivity contribution in [2.75, 3.05) is 6.54 Å². The van der Waals surface area contributed by atoms with Crippen LogP contribution in [0.4, 0.5) is 0 Å². The fraction of sp³-hybridized carbons (Fsp3) is 0.261. The Morgan fingerprint density at radius 1 is 1.07 bits per heavy atom. The lowest BCUT2D eigenvalue weighted by Crippen LogP contribution is -2.47. The molecule has 156 valence electrons. The Kier molecular flexibility index (Phi) is 7.34. The monoisotopic (exact) mass is 407 g/mol. The van der Waals surface area contributed by atoms with E-state index in [0.29, 0.717) is 6.42 Å². The first-order valence-corrected chi connectivity index (χ1v) is 9.91. The number of hydrogen-bond donors (Lipinski definition) is 4. The first kappa shape index (κ1) is 21.3. The van der Waals surface area contributed by atoms with Crippen molar-refractivity contribution in [3.8, 4) is 0 Å². The van der Waals surface area contributed by atoms with Gasteiger partial charge in [0.25, 0.3) is 5.91 Å². The third kappa shape index (κ3) is 6.02. The van der Waals surface area contributed by atoms with Gasteiger partial charge >= 0.3 is 5.97 Å². The van der Waals surface area contributed by atoms with E-state index < -0.39 is 17.9 Å². The summed E-state index contributed by atoms with van der Waals surface area (Å²) in [6.45, 7) is 0.750. The number of nitrogens with one attached hydrogen (secondary N) is 3. The summed E-state index contributed by atoms with van der Waals surface area (Å²) >= 11 is 0. The number of carboxylic acid groups (broad SMARTS) is 1. The first-order valence-electron chi connectivity index (χ1n) is 9.91. The van der Waals surface area contributed by atoms with Crippen molar-refractivity contribution in [2.45, 2.75) is 31.3 Å². The molecule has 1 aliphatic heterocycles. The van der Waals surface area contributed by atoms with Gasteiger partial charge in [0, 0.05) is 6.42 Å². The second-order valence-electron chi connectivity index (χ2n) is 7.16. The van der Waals surface area contributed by atoms with Gasteiger partial charge in [0.2, 0.25) is 5.91 Å². The predicted molar refractivity (Wildman–Crippen MR) is 113 cm³/mol. The molecule has 1 saturated heterocycles. The van der Waals surface area contributed by atoms with Gasteiger partial charge in [0.15, 0.2) is 0 Å². The van der Waals surface area contributed by atoms with E-state index in [0.717, 1.165) is 24.1 Å². The summed E-state index contributed by atoms with van der Waals surface area (Å²) < 4.78 is 0. The van der Waals surface area contributed by atoms with Gasteiger partial charge in [-0.1, -0.05) is 60.7 Å². The van der Waals surface area contributed by atoms with E-state index in [9.17, 15) is 19.5 Å². The average molecular weight is 407 g/mol. The molecule has 30 heavy (non-hydrogen) atoms. The molecule has 2 atom stereocenters. The Labute approximate surface area is 175 Å². The molecular formula is C23H25N3O4. The standard InChI is InChI=1S/C23H25N3O4/c27-21(18-12-7-13-24-18)25-19(14-16-8-3-1-4-9-16)22(28)26-20(23(29)30)15-17-10-5-2-6-11-17/h1-6,8-11,14,18,20,24H,7,12-13,15H2,(H,25,27)(H,26,28)(H,29,30)/t18-,20-/m0/s1. The fourth-order valence-corrected chi connectivity index (χ4v) is 3.29. The lowest BCUT2D eigenvalue weighted by molar-refractivity contribution is -0.141. The summed E-state index contributed by atoms with van der Waals surface area (Å²) in [6, 6.07) is 16.6. The summed E-state index contributed by atoms with van der Waals surface area (Å²) in [5.41, 5.74) is 1.52. The van der Waals surface area contributed by atoms with Crippen LogP contribution in [-0.4, -0.2) is 41.5 Å². The van der Waals surface area contributed by atoms with Gasteiger partial charge in [0.05, 0.1) is 6.04 Å². The zero-order valence-electron chi connectivity index (χ0n) is 16.5. The first-order chi connectivity index (χ1) is 14.5. The normalized spacial score (nSPS) is 17.2. The van der Waals surface area contributed by atoms with Crippen LogP contribution in [0.25, 0.3) is 6.08 Å². The summed E-state index contributed by atoms with van der Waals surface area (Å²) in [6.07, 6.45) is 3.26. The van der Waals surface area contributed by atoms with Crippen molar-refractivity contribution in [3.05, 3.63) is 77.5 Å². The maximum absolute atomic E-state index is 12.9. The Morgan fingerprint density at radius 2 is 1.73 bits per heavy atom. The van der Waals surface area contributed by atoms with Gasteiger partial charge < -0.3 is 21.1 Å². The zero-order valence-corrected chi connectivity index (χ0v) is 16.5. The molecule has 0 aliphatic carbocycles. The van der Waals surface area contributed by atoms with Crippen molar-refractivity contribution in [1.82, 2.24) is 16.0 Å². The molecule has 1 fully saturated rings. The molecule has 0 aromatic heterocycles. The molecule has 0 saturated carbocycles. The van der Waals surface area contributed by atoms with Gasteiger partial charge in [0.1, 0.15) is 11.7 Å². The summed E-state index contributed by atoms with van der Waals surface area (Å²) in [4.78, 5) is 37.2. The molecule has 3 rings (SSSR count). The van der Waals surface area contributed by atoms with Crippen molar-refractivity contribution < 1.29 is 19.5 Å². The molecule has 2 amide bonds. The molecular weight excluding hydrogens is 382 g/mol. The molecule has 2 aromatic carbocycles. The SMILES string of the molecule is O=C(N[C@@H](Cc1ccccc1)C(=O)O)C(=Cc1ccccc1)NC(=O)[C@@H]1CCCN1. The molecule has 0 unspecified atom stereocenters. The fourth-order valence-electron chi connectivity index (χ4n) is 3.29. The van der Waals surface area contributed by atoms with E-state index in [4.69, 9.17) is 0 Å². The summed E-state index contributed by atoms with van der Waals surface area (Å²) in [5.74, 6) is -2.09. The number of benzene rings is 2. The Hall–Kier alpha value is -3.45. The molecule has 2 aromatic rings. The molecule has 0 bridgehead atoms. The minimum absolute atomic E-state index is 0.0132. The number of carbonyl (C=O) groups is 3. The third-order valence-corrected chi connectivity index (χ3v) is 4.88. The van der Waals surface area contributed by atoms with Gasteiger partial charge in [-0.2, -0.15) is 0 Å². The van der Waals surface area contributed by atoms with Crippen LogP contribution in [0.15, 0.2) is 66.4 Å². The zero-order chi connectivity index (χ0) is 21.3. The Morgan fingerprint density at radius 3 is 2.33 bits per heavy atom. The molecule has 1 aliphatic rings. The van der Waals surface area contributed by atoms with E-state index in [1.165, 1.54) is 0 Å². The van der Waals surface area contributed by atoms with Crippen molar-refractivity contribution >= 4 is 23.9 Å². The summed E-state index contributed by atoms with van der Waals surface area (Å²) in [5, 5.41) is 17.9. The highest BCUT2D eigenvalue weighted by molar-refractivity contribution is 6.03. The highest BCUT2D eigenvalue weighted by atomic mass is 16.4. The largest absolute Gasteiger partial charge is 0.480 e. The van der Waals surface area contributed by atoms with Crippen LogP contribution < -0.4 is 16.0 Å². The molecule has 0 radical (unpaired) electrons. The van der Waals surface area contributed by atoms with Gasteiger partial charge in [-0.15, -0.1) is 0 Å². The minimum Gasteiger partial charge on any atom is -0.480 e. The smallest absolute Gasteiger partial charge is 0.326 e. The highest BCUT2D eigenvalue weighted by Crippen LogP contribution is 2.10. The van der Waals surface area contributed by atoms with Crippen LogP contribution in [0.5, 0.6) is 0 Å². The van der Waals surface area contributed by atoms with Crippen LogP contribution in [0.2, 0.25) is 0 Å². The lowest BCUT2D eigenvalue weighted by Gasteiger charge is -2.18. The number of hydrogen-bond acceptors (Lipinski definition) is 4. The lowest BCUT2D eigenvalue weighted by atomic mass is 10.1. The molecule has 4 N–H and O–H groups in total. The average Bonchev–Trinajstić information content (AvgIpc) is 3.29. The van der Waals surface area contributed by atoms with Gasteiger partial charge in [-0.3, -0.25) is 9.59 Å². The van der Waals surface area contributed by atoms with Crippen LogP contribution in [-0.2, 0) is 20.8 Å². The Bertz CT molecular complexity index is 907. The van der Waals surface area contributed by atoms with Crippen LogP contribution >= 0.6 is 0 Å². The topological polar surface area (TPSA) is 108 Å². The molecule has 7 nitrogen and oxygen atoms in total. The number of carbonyl (C=O) groups excluding carboxylic acids is 2. The third-order valence-electron chi connectivity index (χ3n) is 4.88. The second kappa shape index (κ2) is 10.4. The maximum Gasteiger partial charge on any atom is 0.326 e. The predicted octanol–water partition coefficient (Wildman–Crippen LogP) is 1.71.